The summed E-state index contributed by atoms with van der Waals surface area (Å²) < 4.78 is 1.87. The van der Waals surface area contributed by atoms with Gasteiger partial charge in [-0.2, -0.15) is 15.1 Å². The molecule has 1 aromatic carbocycles. The third kappa shape index (κ3) is 2.82. The molecular formula is C14H16ClN9. The van der Waals surface area contributed by atoms with Crippen LogP contribution in [0.5, 0.6) is 0 Å². The number of rotatable bonds is 4. The molecule has 3 rings (SSSR count). The second-order valence-electron chi connectivity index (χ2n) is 4.92. The van der Waals surface area contributed by atoms with Crippen molar-refractivity contribution in [3.05, 3.63) is 47.0 Å². The molecule has 0 fully saturated rings. The van der Waals surface area contributed by atoms with E-state index in [0.29, 0.717) is 29.4 Å². The van der Waals surface area contributed by atoms with Crippen molar-refractivity contribution < 1.29 is 0 Å². The summed E-state index contributed by atoms with van der Waals surface area (Å²) >= 11 is 6.00. The van der Waals surface area contributed by atoms with Gasteiger partial charge in [-0.25, -0.2) is 10.8 Å². The predicted octanol–water partition coefficient (Wildman–Crippen LogP) is 0.653. The summed E-state index contributed by atoms with van der Waals surface area (Å²) in [5.41, 5.74) is 5.50. The van der Waals surface area contributed by atoms with Gasteiger partial charge >= 0.3 is 0 Å². The Morgan fingerprint density at radius 2 is 2.12 bits per heavy atom. The number of nitrogens with one attached hydrogen (secondary N) is 2. The largest absolute Gasteiger partial charge is 0.371 e. The van der Waals surface area contributed by atoms with Crippen LogP contribution in [0, 0.1) is 0 Å². The van der Waals surface area contributed by atoms with Crippen LogP contribution in [0.3, 0.4) is 0 Å². The summed E-state index contributed by atoms with van der Waals surface area (Å²) in [4.78, 5) is 12.8. The van der Waals surface area contributed by atoms with Crippen molar-refractivity contribution in [2.75, 3.05) is 12.4 Å². The third-order valence-electron chi connectivity index (χ3n) is 3.55. The Kier molecular flexibility index (Phi) is 4.45. The van der Waals surface area contributed by atoms with Gasteiger partial charge in [0.1, 0.15) is 0 Å². The Morgan fingerprint density at radius 1 is 1.33 bits per heavy atom. The predicted molar refractivity (Wildman–Crippen MR) is 93.5 cm³/mol. The Hall–Kier alpha value is -2.91. The van der Waals surface area contributed by atoms with E-state index in [1.807, 2.05) is 28.8 Å². The Balaban J connectivity index is 2.07. The summed E-state index contributed by atoms with van der Waals surface area (Å²) in [5.74, 6) is 11.8. The topological polar surface area (TPSA) is 132 Å². The summed E-state index contributed by atoms with van der Waals surface area (Å²) in [6.07, 6.45) is 1.68. The Labute approximate surface area is 142 Å². The van der Waals surface area contributed by atoms with E-state index in [-0.39, 0.29) is 5.28 Å². The molecule has 10 heteroatoms. The van der Waals surface area contributed by atoms with E-state index in [1.165, 1.54) is 0 Å². The monoisotopic (exact) mass is 345 g/mol. The second-order valence-corrected chi connectivity index (χ2v) is 5.25. The number of fused-ring (bicyclic) bond motifs is 1. The van der Waals surface area contributed by atoms with E-state index < -0.39 is 0 Å². The van der Waals surface area contributed by atoms with Crippen LogP contribution in [-0.2, 0) is 6.54 Å². The number of nitrogens with zero attached hydrogens (tertiary/aromatic N) is 5. The van der Waals surface area contributed by atoms with Crippen molar-refractivity contribution in [1.82, 2.24) is 24.9 Å². The maximum absolute atomic E-state index is 6.00. The molecular weight excluding hydrogens is 330 g/mol. The number of benzene rings is 1. The van der Waals surface area contributed by atoms with Crippen molar-refractivity contribution in [3.8, 4) is 0 Å². The molecule has 3 aromatic rings. The first-order valence-corrected chi connectivity index (χ1v) is 7.44. The molecule has 0 saturated heterocycles. The number of hydrogen-bond acceptors (Lipinski definition) is 7. The minimum atomic E-state index is 0.148. The fourth-order valence-electron chi connectivity index (χ4n) is 2.46. The molecule has 0 aliphatic carbocycles. The molecule has 0 radical (unpaired) electrons. The molecule has 2 heterocycles. The standard InChI is InChI=1S/C14H16ClN9/c1-18-12-10-13(21-14(15)20-12)24(7-19-10)6-8-4-2-3-5-9(8)11(22-16)23-17/h2-5,7H,6,16-17H2,1H3,(H,22,23)(H,18,20,21). The van der Waals surface area contributed by atoms with E-state index in [9.17, 15) is 0 Å². The van der Waals surface area contributed by atoms with Crippen LogP contribution in [-0.4, -0.2) is 32.4 Å². The number of hydrazine groups is 1. The highest BCUT2D eigenvalue weighted by Crippen LogP contribution is 2.22. The van der Waals surface area contributed by atoms with Crippen molar-refractivity contribution in [2.24, 2.45) is 16.8 Å². The van der Waals surface area contributed by atoms with Gasteiger partial charge in [-0.1, -0.05) is 24.3 Å². The van der Waals surface area contributed by atoms with Crippen molar-refractivity contribution in [3.63, 3.8) is 0 Å². The van der Waals surface area contributed by atoms with E-state index in [4.69, 9.17) is 23.3 Å². The molecule has 0 amide bonds. The van der Waals surface area contributed by atoms with Crippen LogP contribution in [0.15, 0.2) is 35.7 Å². The molecule has 124 valence electrons. The zero-order valence-electron chi connectivity index (χ0n) is 12.9. The lowest BCUT2D eigenvalue weighted by atomic mass is 10.1. The van der Waals surface area contributed by atoms with Crippen LogP contribution >= 0.6 is 11.6 Å². The van der Waals surface area contributed by atoms with Crippen LogP contribution in [0.2, 0.25) is 5.28 Å². The van der Waals surface area contributed by atoms with Gasteiger partial charge in [-0.3, -0.25) is 0 Å². The average Bonchev–Trinajstić information content (AvgIpc) is 2.99. The maximum Gasteiger partial charge on any atom is 0.226 e. The zero-order valence-corrected chi connectivity index (χ0v) is 13.6. The number of halogens is 1. The summed E-state index contributed by atoms with van der Waals surface area (Å²) in [7, 11) is 1.75. The molecule has 0 aliphatic heterocycles. The maximum atomic E-state index is 6.00. The SMILES string of the molecule is CNc1nc(Cl)nc2c1ncn2Cc1ccccc1/C(=N/N)NN. The van der Waals surface area contributed by atoms with Crippen LogP contribution < -0.4 is 22.4 Å². The molecule has 0 unspecified atom stereocenters. The number of hydrogen-bond donors (Lipinski definition) is 4. The zero-order chi connectivity index (χ0) is 17.1. The molecule has 0 saturated carbocycles. The first kappa shape index (κ1) is 16.0. The second kappa shape index (κ2) is 6.69. The van der Waals surface area contributed by atoms with E-state index in [1.54, 1.807) is 13.4 Å². The summed E-state index contributed by atoms with van der Waals surface area (Å²) in [5, 5.41) is 6.78. The molecule has 9 nitrogen and oxygen atoms in total. The fraction of sp³-hybridized carbons (Fsp3) is 0.143. The number of anilines is 1. The minimum Gasteiger partial charge on any atom is -0.371 e. The van der Waals surface area contributed by atoms with Gasteiger partial charge in [0, 0.05) is 12.6 Å². The Bertz CT molecular complexity index is 902. The van der Waals surface area contributed by atoms with Gasteiger partial charge in [0.25, 0.3) is 0 Å². The summed E-state index contributed by atoms with van der Waals surface area (Å²) in [6, 6.07) is 7.63. The quantitative estimate of drug-likeness (QED) is 0.179. The molecule has 0 atom stereocenters. The summed E-state index contributed by atoms with van der Waals surface area (Å²) in [6.45, 7) is 0.490. The van der Waals surface area contributed by atoms with E-state index in [0.717, 1.165) is 11.1 Å². The minimum absolute atomic E-state index is 0.148. The van der Waals surface area contributed by atoms with Gasteiger partial charge in [0.2, 0.25) is 5.28 Å². The average molecular weight is 346 g/mol. The Morgan fingerprint density at radius 3 is 2.83 bits per heavy atom. The van der Waals surface area contributed by atoms with Crippen LogP contribution in [0.1, 0.15) is 11.1 Å². The first-order chi connectivity index (χ1) is 11.7. The highest BCUT2D eigenvalue weighted by atomic mass is 35.5. The number of aromatic nitrogens is 4. The smallest absolute Gasteiger partial charge is 0.226 e. The third-order valence-corrected chi connectivity index (χ3v) is 3.72. The normalized spacial score (nSPS) is 11.7. The molecule has 0 bridgehead atoms. The molecule has 0 spiro atoms. The lowest BCUT2D eigenvalue weighted by molar-refractivity contribution is 0.810. The van der Waals surface area contributed by atoms with Crippen molar-refractivity contribution >= 4 is 34.4 Å². The molecule has 2 aromatic heterocycles. The highest BCUT2D eigenvalue weighted by Gasteiger charge is 2.14. The molecule has 24 heavy (non-hydrogen) atoms. The van der Waals surface area contributed by atoms with Crippen LogP contribution in [0.4, 0.5) is 5.82 Å². The van der Waals surface area contributed by atoms with Gasteiger partial charge in [-0.15, -0.1) is 0 Å². The lowest BCUT2D eigenvalue weighted by Crippen LogP contribution is -2.33. The number of nitrogens with two attached hydrogens (primary N) is 2. The number of amidine groups is 1. The van der Waals surface area contributed by atoms with Crippen molar-refractivity contribution in [1.29, 1.82) is 0 Å². The molecule has 0 aliphatic rings. The highest BCUT2D eigenvalue weighted by molar-refractivity contribution is 6.28. The van der Waals surface area contributed by atoms with Gasteiger partial charge in [-0.05, 0) is 17.2 Å². The first-order valence-electron chi connectivity index (χ1n) is 7.06. The van der Waals surface area contributed by atoms with Gasteiger partial charge in [0.15, 0.2) is 22.8 Å². The lowest BCUT2D eigenvalue weighted by Gasteiger charge is -2.12. The number of hydrazone groups is 1. The molecule has 6 N–H and O–H groups in total. The van der Waals surface area contributed by atoms with Crippen molar-refractivity contribution in [2.45, 2.75) is 6.54 Å². The van der Waals surface area contributed by atoms with E-state index >= 15 is 0 Å². The van der Waals surface area contributed by atoms with Crippen LogP contribution in [0.25, 0.3) is 11.2 Å². The van der Waals surface area contributed by atoms with Gasteiger partial charge < -0.3 is 21.2 Å². The van der Waals surface area contributed by atoms with E-state index in [2.05, 4.69) is 30.8 Å². The van der Waals surface area contributed by atoms with Gasteiger partial charge in [0.05, 0.1) is 12.9 Å². The number of imidazole rings is 1. The fourth-order valence-corrected chi connectivity index (χ4v) is 2.63.